The molecule has 0 bridgehead atoms. The van der Waals surface area contributed by atoms with Crippen molar-refractivity contribution >= 4 is 35.8 Å². The summed E-state index contributed by atoms with van der Waals surface area (Å²) in [6.45, 7) is 2.55. The molecule has 2 rings (SSSR count). The minimum Gasteiger partial charge on any atom is -0.453 e. The third-order valence-electron chi connectivity index (χ3n) is 6.25. The molecule has 0 radical (unpaired) electrons. The number of methoxy groups -OCH3 is 1. The maximum atomic E-state index is 13.0. The smallest absolute Gasteiger partial charge is 0.407 e. The first-order chi connectivity index (χ1) is 16.3. The maximum Gasteiger partial charge on any atom is 0.407 e. The van der Waals surface area contributed by atoms with Gasteiger partial charge < -0.3 is 20.7 Å². The highest BCUT2D eigenvalue weighted by molar-refractivity contribution is 7.98. The normalized spacial score (nSPS) is 19.6. The number of alkyl carbamates (subject to hydrolysis) is 1. The van der Waals surface area contributed by atoms with Gasteiger partial charge in [-0.05, 0) is 69.2 Å². The molecule has 0 aromatic carbocycles. The van der Waals surface area contributed by atoms with E-state index in [2.05, 4.69) is 33.9 Å². The van der Waals surface area contributed by atoms with Gasteiger partial charge in [-0.2, -0.15) is 0 Å². The van der Waals surface area contributed by atoms with Crippen molar-refractivity contribution in [3.05, 3.63) is 12.2 Å². The average molecular weight is 497 g/mol. The fourth-order valence-electron chi connectivity index (χ4n) is 4.02. The second-order valence-corrected chi connectivity index (χ2v) is 10.2. The molecule has 2 fully saturated rings. The molecule has 10 heteroatoms. The van der Waals surface area contributed by atoms with Crippen LogP contribution in [-0.2, 0) is 19.1 Å². The number of primary amides is 1. The Morgan fingerprint density at radius 2 is 1.94 bits per heavy atom. The predicted octanol–water partition coefficient (Wildman–Crippen LogP) is 3.04. The summed E-state index contributed by atoms with van der Waals surface area (Å²) in [7, 11) is 1.25. The van der Waals surface area contributed by atoms with Crippen LogP contribution in [0.4, 0.5) is 4.79 Å². The van der Waals surface area contributed by atoms with Crippen LogP contribution >= 0.6 is 11.9 Å². The van der Waals surface area contributed by atoms with Crippen LogP contribution in [0.25, 0.3) is 0 Å². The van der Waals surface area contributed by atoms with Gasteiger partial charge in [0.05, 0.1) is 7.11 Å². The molecule has 0 unspecified atom stereocenters. The number of hydrogen-bond donors (Lipinski definition) is 3. The van der Waals surface area contributed by atoms with Crippen molar-refractivity contribution in [2.45, 2.75) is 94.9 Å². The maximum absolute atomic E-state index is 13.0. The molecule has 192 valence electrons. The van der Waals surface area contributed by atoms with Crippen LogP contribution in [-0.4, -0.2) is 59.7 Å². The minimum absolute atomic E-state index is 0.0961. The Balaban J connectivity index is 1.71. The molecule has 4 N–H and O–H groups in total. The van der Waals surface area contributed by atoms with Gasteiger partial charge in [0.15, 0.2) is 0 Å². The Labute approximate surface area is 207 Å². The van der Waals surface area contributed by atoms with Crippen LogP contribution in [0.5, 0.6) is 0 Å². The number of ether oxygens (including phenoxy) is 1. The SMILES string of the molecule is CC[C@@H](/C=C\CCCCC[C@H](NC(=O)OC)C(=O)N1CCC[C@H]1C(N)=O)CC(=O)NSC1CC1. The van der Waals surface area contributed by atoms with Crippen LogP contribution < -0.4 is 15.8 Å². The number of likely N-dealkylation sites (tertiary alicyclic amines) is 1. The van der Waals surface area contributed by atoms with E-state index in [-0.39, 0.29) is 17.7 Å². The first-order valence-corrected chi connectivity index (χ1v) is 13.3. The molecular weight excluding hydrogens is 456 g/mol. The number of unbranched alkanes of at least 4 members (excludes halogenated alkanes) is 3. The highest BCUT2D eigenvalue weighted by Gasteiger charge is 2.36. The van der Waals surface area contributed by atoms with Crippen molar-refractivity contribution in [2.24, 2.45) is 11.7 Å². The van der Waals surface area contributed by atoms with Crippen molar-refractivity contribution in [1.82, 2.24) is 14.9 Å². The molecule has 1 saturated heterocycles. The molecule has 1 saturated carbocycles. The first-order valence-electron chi connectivity index (χ1n) is 12.4. The Bertz CT molecular complexity index is 728. The zero-order chi connectivity index (χ0) is 24.9. The second kappa shape index (κ2) is 14.9. The summed E-state index contributed by atoms with van der Waals surface area (Å²) in [4.78, 5) is 49.9. The predicted molar refractivity (Wildman–Crippen MR) is 133 cm³/mol. The van der Waals surface area contributed by atoms with E-state index in [1.807, 2.05) is 0 Å². The van der Waals surface area contributed by atoms with Gasteiger partial charge in [-0.1, -0.05) is 31.9 Å². The quantitative estimate of drug-likeness (QED) is 0.181. The van der Waals surface area contributed by atoms with Gasteiger partial charge in [0.25, 0.3) is 0 Å². The van der Waals surface area contributed by atoms with E-state index < -0.39 is 24.1 Å². The molecule has 0 aromatic rings. The summed E-state index contributed by atoms with van der Waals surface area (Å²) in [6, 6.07) is -1.35. The monoisotopic (exact) mass is 496 g/mol. The molecule has 2 aliphatic rings. The van der Waals surface area contributed by atoms with Crippen LogP contribution in [0.2, 0.25) is 0 Å². The second-order valence-electron chi connectivity index (χ2n) is 9.06. The minimum atomic E-state index is -0.737. The van der Waals surface area contributed by atoms with Crippen molar-refractivity contribution in [3.63, 3.8) is 0 Å². The van der Waals surface area contributed by atoms with Gasteiger partial charge in [0.2, 0.25) is 17.7 Å². The Morgan fingerprint density at radius 3 is 2.59 bits per heavy atom. The van der Waals surface area contributed by atoms with Crippen LogP contribution in [0.3, 0.4) is 0 Å². The standard InChI is InChI=1S/C24H40N4O5S/c1-3-17(16-21(29)27-34-18-13-14-18)10-7-5-4-6-8-11-19(26-24(32)33-2)23(31)28-15-9-12-20(28)22(25)30/h7,10,17-20H,3-6,8-9,11-16H2,1-2H3,(H2,25,30)(H,26,32)(H,27,29)/b10-7-/t17-,19-,20-/m0/s1. The zero-order valence-corrected chi connectivity index (χ0v) is 21.2. The molecule has 9 nitrogen and oxygen atoms in total. The van der Waals surface area contributed by atoms with Crippen molar-refractivity contribution in [2.75, 3.05) is 13.7 Å². The summed E-state index contributed by atoms with van der Waals surface area (Å²) in [5.74, 6) is -0.460. The molecule has 1 aliphatic carbocycles. The highest BCUT2D eigenvalue weighted by atomic mass is 32.2. The number of rotatable bonds is 15. The number of amides is 4. The summed E-state index contributed by atoms with van der Waals surface area (Å²) in [5.41, 5.74) is 5.43. The molecule has 3 atom stereocenters. The Morgan fingerprint density at radius 1 is 1.18 bits per heavy atom. The van der Waals surface area contributed by atoms with E-state index in [4.69, 9.17) is 5.73 Å². The van der Waals surface area contributed by atoms with Crippen LogP contribution in [0.1, 0.15) is 77.6 Å². The van der Waals surface area contributed by atoms with E-state index in [0.29, 0.717) is 31.1 Å². The average Bonchev–Trinajstić information content (AvgIpc) is 3.52. The number of nitrogens with one attached hydrogen (secondary N) is 2. The van der Waals surface area contributed by atoms with Crippen molar-refractivity contribution in [1.29, 1.82) is 0 Å². The number of carbonyl (C=O) groups excluding carboxylic acids is 4. The molecular formula is C24H40N4O5S. The summed E-state index contributed by atoms with van der Waals surface area (Å²) in [6.07, 6.45) is 12.7. The lowest BCUT2D eigenvalue weighted by atomic mass is 10.0. The molecule has 1 aliphatic heterocycles. The third kappa shape index (κ3) is 9.95. The van der Waals surface area contributed by atoms with Gasteiger partial charge in [-0.3, -0.25) is 19.1 Å². The Kier molecular flexibility index (Phi) is 12.3. The lowest BCUT2D eigenvalue weighted by Crippen LogP contribution is -2.52. The Hall–Kier alpha value is -2.23. The topological polar surface area (TPSA) is 131 Å². The lowest BCUT2D eigenvalue weighted by molar-refractivity contribution is -0.139. The number of allylic oxidation sites excluding steroid dienone is 2. The van der Waals surface area contributed by atoms with E-state index in [9.17, 15) is 19.2 Å². The van der Waals surface area contributed by atoms with Crippen LogP contribution in [0.15, 0.2) is 12.2 Å². The molecule has 34 heavy (non-hydrogen) atoms. The van der Waals surface area contributed by atoms with Crippen LogP contribution in [0, 0.1) is 5.92 Å². The molecule has 4 amide bonds. The highest BCUT2D eigenvalue weighted by Crippen LogP contribution is 2.32. The number of nitrogens with two attached hydrogens (primary N) is 1. The van der Waals surface area contributed by atoms with Gasteiger partial charge >= 0.3 is 6.09 Å². The van der Waals surface area contributed by atoms with Gasteiger partial charge in [-0.15, -0.1) is 0 Å². The van der Waals surface area contributed by atoms with Crippen molar-refractivity contribution in [3.8, 4) is 0 Å². The van der Waals surface area contributed by atoms with E-state index >= 15 is 0 Å². The summed E-state index contributed by atoms with van der Waals surface area (Å²) < 4.78 is 7.61. The molecule has 0 aromatic heterocycles. The fourth-order valence-corrected chi connectivity index (χ4v) is 4.78. The van der Waals surface area contributed by atoms with E-state index in [1.54, 1.807) is 11.9 Å². The molecule has 0 spiro atoms. The summed E-state index contributed by atoms with van der Waals surface area (Å²) in [5, 5.41) is 3.22. The van der Waals surface area contributed by atoms with Gasteiger partial charge in [0, 0.05) is 18.2 Å². The number of hydrogen-bond acceptors (Lipinski definition) is 6. The van der Waals surface area contributed by atoms with E-state index in [1.165, 1.54) is 24.9 Å². The van der Waals surface area contributed by atoms with Crippen molar-refractivity contribution < 1.29 is 23.9 Å². The lowest BCUT2D eigenvalue weighted by Gasteiger charge is -2.27. The first kappa shape index (κ1) is 28.0. The van der Waals surface area contributed by atoms with Gasteiger partial charge in [-0.25, -0.2) is 4.79 Å². The molecule has 1 heterocycles. The largest absolute Gasteiger partial charge is 0.453 e. The van der Waals surface area contributed by atoms with E-state index in [0.717, 1.165) is 38.5 Å². The zero-order valence-electron chi connectivity index (χ0n) is 20.4. The summed E-state index contributed by atoms with van der Waals surface area (Å²) >= 11 is 1.55. The fraction of sp³-hybridized carbons (Fsp3) is 0.750. The number of nitrogens with zero attached hydrogens (tertiary/aromatic N) is 1. The number of carbonyl (C=O) groups is 4. The third-order valence-corrected chi connectivity index (χ3v) is 7.40. The van der Waals surface area contributed by atoms with Gasteiger partial charge in [0.1, 0.15) is 12.1 Å².